The summed E-state index contributed by atoms with van der Waals surface area (Å²) in [5.74, 6) is -0.342. The number of hydrogen-bond donors (Lipinski definition) is 3. The van der Waals surface area contributed by atoms with Crippen LogP contribution in [0.1, 0.15) is 37.1 Å². The Balaban J connectivity index is 2.25. The Morgan fingerprint density at radius 2 is 1.23 bits per heavy atom. The van der Waals surface area contributed by atoms with Crippen molar-refractivity contribution in [1.82, 2.24) is 5.32 Å². The molecular formula is C19H19Br2N3O6. The summed E-state index contributed by atoms with van der Waals surface area (Å²) < 4.78 is 1.19. The van der Waals surface area contributed by atoms with Gasteiger partial charge in [-0.1, -0.05) is 31.9 Å². The SMILES string of the molecule is CC1(C)[C@H]([N+](=O)[O-])[C@@H](c2cc(Br)ccc2O)N[C@@H](c2cc(Br)ccc2O)[C@H]1[N+](=O)[O-]. The third-order valence-electron chi connectivity index (χ3n) is 5.62. The third-order valence-corrected chi connectivity index (χ3v) is 6.61. The zero-order chi connectivity index (χ0) is 22.4. The first-order chi connectivity index (χ1) is 13.9. The molecule has 1 fully saturated rings. The first kappa shape index (κ1) is 22.4. The van der Waals surface area contributed by atoms with Crippen LogP contribution in [0.15, 0.2) is 45.3 Å². The maximum atomic E-state index is 12.1. The largest absolute Gasteiger partial charge is 0.508 e. The molecule has 3 rings (SSSR count). The molecule has 30 heavy (non-hydrogen) atoms. The van der Waals surface area contributed by atoms with Crippen molar-refractivity contribution in [3.05, 3.63) is 76.7 Å². The van der Waals surface area contributed by atoms with Gasteiger partial charge in [0.1, 0.15) is 29.0 Å². The Kier molecular flexibility index (Phi) is 6.08. The van der Waals surface area contributed by atoms with Crippen LogP contribution in [0.5, 0.6) is 11.5 Å². The van der Waals surface area contributed by atoms with Crippen molar-refractivity contribution in [2.45, 2.75) is 38.0 Å². The number of aromatic hydroxyl groups is 2. The van der Waals surface area contributed by atoms with E-state index in [1.165, 1.54) is 26.0 Å². The zero-order valence-corrected chi connectivity index (χ0v) is 19.1. The van der Waals surface area contributed by atoms with Crippen molar-refractivity contribution in [2.24, 2.45) is 5.41 Å². The number of hydrogen-bond acceptors (Lipinski definition) is 7. The quantitative estimate of drug-likeness (QED) is 0.384. The normalized spacial score (nSPS) is 25.6. The number of nitro groups is 2. The number of phenols is 2. The molecule has 1 heterocycles. The van der Waals surface area contributed by atoms with E-state index in [2.05, 4.69) is 37.2 Å². The van der Waals surface area contributed by atoms with Crippen LogP contribution in [-0.4, -0.2) is 32.1 Å². The fourth-order valence-corrected chi connectivity index (χ4v) is 5.02. The highest BCUT2D eigenvalue weighted by molar-refractivity contribution is 9.10. The van der Waals surface area contributed by atoms with Crippen LogP contribution in [-0.2, 0) is 0 Å². The highest BCUT2D eigenvalue weighted by Gasteiger charge is 2.63. The van der Waals surface area contributed by atoms with E-state index >= 15 is 0 Å². The van der Waals surface area contributed by atoms with E-state index in [-0.39, 0.29) is 22.6 Å². The van der Waals surface area contributed by atoms with E-state index in [1.807, 2.05) is 0 Å². The Hall–Kier alpha value is -2.24. The molecule has 160 valence electrons. The first-order valence-electron chi connectivity index (χ1n) is 8.95. The summed E-state index contributed by atoms with van der Waals surface area (Å²) in [6, 6.07) is 4.13. The number of nitrogens with one attached hydrogen (secondary N) is 1. The van der Waals surface area contributed by atoms with Crippen LogP contribution in [0, 0.1) is 25.6 Å². The molecule has 1 aliphatic rings. The monoisotopic (exact) mass is 543 g/mol. The molecule has 0 amide bonds. The van der Waals surface area contributed by atoms with Crippen LogP contribution in [0.2, 0.25) is 0 Å². The van der Waals surface area contributed by atoms with E-state index < -0.39 is 39.4 Å². The van der Waals surface area contributed by atoms with Crippen LogP contribution in [0.4, 0.5) is 0 Å². The Morgan fingerprint density at radius 3 is 1.57 bits per heavy atom. The average molecular weight is 545 g/mol. The van der Waals surface area contributed by atoms with E-state index in [9.17, 15) is 30.4 Å². The Bertz CT molecular complexity index is 938. The summed E-state index contributed by atoms with van der Waals surface area (Å²) in [5.41, 5.74) is -0.960. The molecule has 0 unspecified atom stereocenters. The summed E-state index contributed by atoms with van der Waals surface area (Å²) in [6.45, 7) is 2.94. The lowest BCUT2D eigenvalue weighted by atomic mass is 9.66. The summed E-state index contributed by atoms with van der Waals surface area (Å²) >= 11 is 6.60. The minimum absolute atomic E-state index is 0.171. The van der Waals surface area contributed by atoms with E-state index in [1.54, 1.807) is 24.3 Å². The van der Waals surface area contributed by atoms with Gasteiger partial charge in [-0.2, -0.15) is 0 Å². The summed E-state index contributed by atoms with van der Waals surface area (Å²) in [7, 11) is 0. The molecule has 0 saturated carbocycles. The van der Waals surface area contributed by atoms with Gasteiger partial charge >= 0.3 is 0 Å². The topological polar surface area (TPSA) is 139 Å². The van der Waals surface area contributed by atoms with Crippen molar-refractivity contribution >= 4 is 31.9 Å². The zero-order valence-electron chi connectivity index (χ0n) is 16.0. The average Bonchev–Trinajstić information content (AvgIpc) is 2.63. The van der Waals surface area contributed by atoms with Crippen molar-refractivity contribution in [3.8, 4) is 11.5 Å². The second-order valence-corrected chi connectivity index (χ2v) is 9.64. The highest BCUT2D eigenvalue weighted by Crippen LogP contribution is 2.49. The van der Waals surface area contributed by atoms with Crippen LogP contribution in [0.3, 0.4) is 0 Å². The highest BCUT2D eigenvalue weighted by atomic mass is 79.9. The smallest absolute Gasteiger partial charge is 0.244 e. The molecule has 1 aliphatic heterocycles. The Labute approximate surface area is 188 Å². The number of benzene rings is 2. The van der Waals surface area contributed by atoms with Crippen molar-refractivity contribution in [2.75, 3.05) is 0 Å². The van der Waals surface area contributed by atoms with Gasteiger partial charge in [0.15, 0.2) is 0 Å². The van der Waals surface area contributed by atoms with Gasteiger partial charge in [0.05, 0.1) is 0 Å². The van der Waals surface area contributed by atoms with Gasteiger partial charge in [-0.15, -0.1) is 0 Å². The van der Waals surface area contributed by atoms with Crippen LogP contribution < -0.4 is 5.32 Å². The summed E-state index contributed by atoms with van der Waals surface area (Å²) in [5, 5.41) is 48.0. The van der Waals surface area contributed by atoms with Gasteiger partial charge in [0.2, 0.25) is 12.1 Å². The van der Waals surface area contributed by atoms with Crippen molar-refractivity contribution in [1.29, 1.82) is 0 Å². The molecule has 0 spiro atoms. The van der Waals surface area contributed by atoms with E-state index in [4.69, 9.17) is 0 Å². The Morgan fingerprint density at radius 1 is 0.867 bits per heavy atom. The molecule has 0 aliphatic carbocycles. The molecular weight excluding hydrogens is 526 g/mol. The molecule has 0 radical (unpaired) electrons. The molecule has 11 heteroatoms. The third kappa shape index (κ3) is 3.88. The first-order valence-corrected chi connectivity index (χ1v) is 10.5. The minimum atomic E-state index is -1.43. The van der Waals surface area contributed by atoms with Gasteiger partial charge in [-0.05, 0) is 50.2 Å². The fourth-order valence-electron chi connectivity index (χ4n) is 4.27. The lowest BCUT2D eigenvalue weighted by molar-refractivity contribution is -0.605. The van der Waals surface area contributed by atoms with Crippen LogP contribution in [0.25, 0.3) is 0 Å². The van der Waals surface area contributed by atoms with Gasteiger partial charge in [-0.25, -0.2) is 0 Å². The van der Waals surface area contributed by atoms with Gasteiger partial charge in [0.25, 0.3) is 0 Å². The van der Waals surface area contributed by atoms with Crippen molar-refractivity contribution < 1.29 is 20.1 Å². The summed E-state index contributed by atoms with van der Waals surface area (Å²) in [4.78, 5) is 23.0. The van der Waals surface area contributed by atoms with Crippen molar-refractivity contribution in [3.63, 3.8) is 0 Å². The second-order valence-electron chi connectivity index (χ2n) is 7.81. The number of phenolic OH excluding ortho intramolecular Hbond substituents is 2. The van der Waals surface area contributed by atoms with Gasteiger partial charge in [-0.3, -0.25) is 25.5 Å². The molecule has 3 N–H and O–H groups in total. The predicted octanol–water partition coefficient (Wildman–Crippen LogP) is 4.33. The molecule has 9 nitrogen and oxygen atoms in total. The number of rotatable bonds is 4. The number of piperidine rings is 1. The lowest BCUT2D eigenvalue weighted by Crippen LogP contribution is -2.63. The summed E-state index contributed by atoms with van der Waals surface area (Å²) in [6.07, 6.45) is 0. The van der Waals surface area contributed by atoms with Gasteiger partial charge < -0.3 is 10.2 Å². The minimum Gasteiger partial charge on any atom is -0.508 e. The fraction of sp³-hybridized carbons (Fsp3) is 0.368. The number of halogens is 2. The van der Waals surface area contributed by atoms with Crippen LogP contribution >= 0.6 is 31.9 Å². The van der Waals surface area contributed by atoms with E-state index in [0.717, 1.165) is 0 Å². The molecule has 0 bridgehead atoms. The molecule has 2 aromatic carbocycles. The van der Waals surface area contributed by atoms with E-state index in [0.29, 0.717) is 8.95 Å². The van der Waals surface area contributed by atoms with Gasteiger partial charge in [0, 0.05) is 29.9 Å². The lowest BCUT2D eigenvalue weighted by Gasteiger charge is -2.44. The number of nitrogens with zero attached hydrogens (tertiary/aromatic N) is 2. The molecule has 0 aromatic heterocycles. The maximum Gasteiger partial charge on any atom is 0.244 e. The molecule has 2 aromatic rings. The second kappa shape index (κ2) is 8.12. The standard InChI is InChI=1S/C19H19Br2N3O6/c1-19(2)17(23(27)28)15(11-7-9(20)3-5-13(11)25)22-16(18(19)24(29)30)12-8-10(21)4-6-14(12)26/h3-8,15-18,22,25-26H,1-2H3/t15-,16+,17-,18-/m1/s1. The molecule has 4 atom stereocenters. The predicted molar refractivity (Wildman–Crippen MR) is 116 cm³/mol. The molecule has 1 saturated heterocycles. The maximum absolute atomic E-state index is 12.1.